The molecule has 1 unspecified atom stereocenters. The lowest BCUT2D eigenvalue weighted by molar-refractivity contribution is 0.0124. The molecule has 0 fully saturated rings. The third-order valence-corrected chi connectivity index (χ3v) is 3.44. The van der Waals surface area contributed by atoms with Crippen LogP contribution in [0.5, 0.6) is 11.5 Å². The Morgan fingerprint density at radius 3 is 2.37 bits per heavy atom. The maximum absolute atomic E-state index is 6.27. The Morgan fingerprint density at radius 2 is 1.84 bits per heavy atom. The van der Waals surface area contributed by atoms with Gasteiger partial charge in [0.1, 0.15) is 0 Å². The number of benzene rings is 1. The molecule has 1 aromatic rings. The van der Waals surface area contributed by atoms with E-state index in [1.165, 1.54) is 0 Å². The number of para-hydroxylation sites is 1. The number of hydrogen-bond acceptors (Lipinski definition) is 4. The van der Waals surface area contributed by atoms with Gasteiger partial charge in [-0.15, -0.1) is 0 Å². The first-order valence-electron chi connectivity index (χ1n) is 6.46. The molecule has 0 aliphatic carbocycles. The molecule has 4 nitrogen and oxygen atoms in total. The van der Waals surface area contributed by atoms with Crippen molar-refractivity contribution in [2.75, 3.05) is 21.3 Å². The fourth-order valence-electron chi connectivity index (χ4n) is 1.96. The van der Waals surface area contributed by atoms with Crippen LogP contribution in [0.25, 0.3) is 0 Å². The van der Waals surface area contributed by atoms with Crippen LogP contribution in [0.4, 0.5) is 0 Å². The Labute approximate surface area is 115 Å². The number of rotatable bonds is 7. The summed E-state index contributed by atoms with van der Waals surface area (Å²) in [4.78, 5) is 0. The SMILES string of the molecule is COc1cccc(C(N)CCC(C)(C)OC)c1OC. The molecule has 2 N–H and O–H groups in total. The predicted molar refractivity (Wildman–Crippen MR) is 76.8 cm³/mol. The zero-order valence-corrected chi connectivity index (χ0v) is 12.5. The highest BCUT2D eigenvalue weighted by Crippen LogP contribution is 2.35. The number of ether oxygens (including phenoxy) is 3. The number of nitrogens with two attached hydrogens (primary N) is 1. The van der Waals surface area contributed by atoms with E-state index in [0.717, 1.165) is 18.4 Å². The van der Waals surface area contributed by atoms with Gasteiger partial charge in [-0.1, -0.05) is 12.1 Å². The van der Waals surface area contributed by atoms with E-state index in [1.54, 1.807) is 21.3 Å². The maximum Gasteiger partial charge on any atom is 0.165 e. The van der Waals surface area contributed by atoms with Crippen LogP contribution in [0.15, 0.2) is 18.2 Å². The normalized spacial score (nSPS) is 13.2. The van der Waals surface area contributed by atoms with Gasteiger partial charge < -0.3 is 19.9 Å². The van der Waals surface area contributed by atoms with Gasteiger partial charge in [-0.3, -0.25) is 0 Å². The molecule has 0 saturated carbocycles. The maximum atomic E-state index is 6.27. The lowest BCUT2D eigenvalue weighted by Crippen LogP contribution is -2.24. The molecule has 108 valence electrons. The second-order valence-electron chi connectivity index (χ2n) is 5.19. The molecule has 4 heteroatoms. The average molecular weight is 267 g/mol. The van der Waals surface area contributed by atoms with Crippen LogP contribution >= 0.6 is 0 Å². The van der Waals surface area contributed by atoms with Gasteiger partial charge in [0.15, 0.2) is 11.5 Å². The quantitative estimate of drug-likeness (QED) is 0.825. The van der Waals surface area contributed by atoms with Crippen LogP contribution in [-0.4, -0.2) is 26.9 Å². The van der Waals surface area contributed by atoms with Crippen molar-refractivity contribution in [1.29, 1.82) is 0 Å². The Hall–Kier alpha value is -1.26. The zero-order chi connectivity index (χ0) is 14.5. The monoisotopic (exact) mass is 267 g/mol. The molecule has 0 aromatic heterocycles. The molecule has 0 heterocycles. The minimum Gasteiger partial charge on any atom is -0.493 e. The van der Waals surface area contributed by atoms with Crippen LogP contribution in [0.2, 0.25) is 0 Å². The van der Waals surface area contributed by atoms with Gasteiger partial charge in [-0.05, 0) is 32.8 Å². The second kappa shape index (κ2) is 6.78. The zero-order valence-electron chi connectivity index (χ0n) is 12.5. The van der Waals surface area contributed by atoms with Gasteiger partial charge >= 0.3 is 0 Å². The third kappa shape index (κ3) is 4.11. The van der Waals surface area contributed by atoms with E-state index in [9.17, 15) is 0 Å². The van der Waals surface area contributed by atoms with Gasteiger partial charge in [-0.2, -0.15) is 0 Å². The molecule has 1 aromatic carbocycles. The molecule has 0 aliphatic heterocycles. The van der Waals surface area contributed by atoms with Crippen molar-refractivity contribution in [2.45, 2.75) is 38.3 Å². The highest BCUT2D eigenvalue weighted by atomic mass is 16.5. The van der Waals surface area contributed by atoms with Crippen LogP contribution in [0.3, 0.4) is 0 Å². The minimum atomic E-state index is -0.163. The predicted octanol–water partition coefficient (Wildman–Crippen LogP) is 2.91. The fourth-order valence-corrected chi connectivity index (χ4v) is 1.96. The van der Waals surface area contributed by atoms with Gasteiger partial charge in [0, 0.05) is 18.7 Å². The average Bonchev–Trinajstić information content (AvgIpc) is 2.43. The molecule has 0 amide bonds. The third-order valence-electron chi connectivity index (χ3n) is 3.44. The highest BCUT2D eigenvalue weighted by Gasteiger charge is 2.21. The Morgan fingerprint density at radius 1 is 1.16 bits per heavy atom. The molecule has 1 atom stereocenters. The topological polar surface area (TPSA) is 53.7 Å². The first-order valence-corrected chi connectivity index (χ1v) is 6.46. The highest BCUT2D eigenvalue weighted by molar-refractivity contribution is 5.47. The van der Waals surface area contributed by atoms with Crippen LogP contribution < -0.4 is 15.2 Å². The minimum absolute atomic E-state index is 0.0977. The molecule has 0 spiro atoms. The molecule has 0 saturated heterocycles. The summed E-state index contributed by atoms with van der Waals surface area (Å²) in [6.45, 7) is 4.12. The molecule has 0 radical (unpaired) electrons. The van der Waals surface area contributed by atoms with Crippen molar-refractivity contribution in [1.82, 2.24) is 0 Å². The first-order chi connectivity index (χ1) is 8.95. The van der Waals surface area contributed by atoms with Crippen molar-refractivity contribution in [2.24, 2.45) is 5.73 Å². The largest absolute Gasteiger partial charge is 0.493 e. The number of methoxy groups -OCH3 is 3. The lowest BCUT2D eigenvalue weighted by atomic mass is 9.95. The van der Waals surface area contributed by atoms with E-state index in [0.29, 0.717) is 11.5 Å². The van der Waals surface area contributed by atoms with Crippen LogP contribution in [0, 0.1) is 0 Å². The molecular formula is C15H25NO3. The van der Waals surface area contributed by atoms with Gasteiger partial charge in [0.2, 0.25) is 0 Å². The van der Waals surface area contributed by atoms with Crippen molar-refractivity contribution >= 4 is 0 Å². The summed E-state index contributed by atoms with van der Waals surface area (Å²) in [5.41, 5.74) is 7.07. The van der Waals surface area contributed by atoms with Gasteiger partial charge in [-0.25, -0.2) is 0 Å². The first kappa shape index (κ1) is 15.8. The molecule has 19 heavy (non-hydrogen) atoms. The number of hydrogen-bond donors (Lipinski definition) is 1. The second-order valence-corrected chi connectivity index (χ2v) is 5.19. The molecular weight excluding hydrogens is 242 g/mol. The van der Waals surface area contributed by atoms with E-state index in [-0.39, 0.29) is 11.6 Å². The molecule has 0 aliphatic rings. The van der Waals surface area contributed by atoms with Gasteiger partial charge in [0.25, 0.3) is 0 Å². The Bertz CT molecular complexity index is 404. The summed E-state index contributed by atoms with van der Waals surface area (Å²) in [5.74, 6) is 1.43. The van der Waals surface area contributed by atoms with Crippen molar-refractivity contribution in [3.8, 4) is 11.5 Å². The van der Waals surface area contributed by atoms with Crippen molar-refractivity contribution < 1.29 is 14.2 Å². The van der Waals surface area contributed by atoms with Gasteiger partial charge in [0.05, 0.1) is 19.8 Å². The fraction of sp³-hybridized carbons (Fsp3) is 0.600. The van der Waals surface area contributed by atoms with E-state index >= 15 is 0 Å². The lowest BCUT2D eigenvalue weighted by Gasteiger charge is -2.25. The van der Waals surface area contributed by atoms with Crippen LogP contribution in [-0.2, 0) is 4.74 Å². The summed E-state index contributed by atoms with van der Waals surface area (Å²) in [5, 5.41) is 0. The van der Waals surface area contributed by atoms with Crippen molar-refractivity contribution in [3.63, 3.8) is 0 Å². The standard InChI is InChI=1S/C15H25NO3/c1-15(2,19-5)10-9-12(16)11-7-6-8-13(17-3)14(11)18-4/h6-8,12H,9-10,16H2,1-5H3. The van der Waals surface area contributed by atoms with E-state index < -0.39 is 0 Å². The summed E-state index contributed by atoms with van der Waals surface area (Å²) in [6, 6.07) is 5.68. The Balaban J connectivity index is 2.85. The van der Waals surface area contributed by atoms with E-state index in [4.69, 9.17) is 19.9 Å². The summed E-state index contributed by atoms with van der Waals surface area (Å²) in [6.07, 6.45) is 1.70. The van der Waals surface area contributed by atoms with Crippen LogP contribution in [0.1, 0.15) is 38.3 Å². The summed E-state index contributed by atoms with van der Waals surface area (Å²) < 4.78 is 16.1. The summed E-state index contributed by atoms with van der Waals surface area (Å²) in [7, 11) is 4.98. The smallest absolute Gasteiger partial charge is 0.165 e. The molecule has 1 rings (SSSR count). The molecule has 0 bridgehead atoms. The van der Waals surface area contributed by atoms with Crippen molar-refractivity contribution in [3.05, 3.63) is 23.8 Å². The Kier molecular flexibility index (Phi) is 5.63. The van der Waals surface area contributed by atoms with E-state index in [2.05, 4.69) is 13.8 Å². The van der Waals surface area contributed by atoms with E-state index in [1.807, 2.05) is 18.2 Å². The summed E-state index contributed by atoms with van der Waals surface area (Å²) >= 11 is 0.